The van der Waals surface area contributed by atoms with Crippen molar-refractivity contribution in [2.75, 3.05) is 0 Å². The summed E-state index contributed by atoms with van der Waals surface area (Å²) in [7, 11) is 0. The number of hydrogen-bond donors (Lipinski definition) is 1. The van der Waals surface area contributed by atoms with Crippen LogP contribution in [0.4, 0.5) is 4.39 Å². The molecule has 0 aromatic heterocycles. The first-order valence-corrected chi connectivity index (χ1v) is 6.47. The molecule has 1 atom stereocenters. The summed E-state index contributed by atoms with van der Waals surface area (Å²) in [5.41, 5.74) is 2.25. The fourth-order valence-electron chi connectivity index (χ4n) is 2.78. The molecule has 1 fully saturated rings. The van der Waals surface area contributed by atoms with Gasteiger partial charge in [-0.2, -0.15) is 0 Å². The zero-order chi connectivity index (χ0) is 12.5. The van der Waals surface area contributed by atoms with E-state index >= 15 is 0 Å². The molecule has 94 valence electrons. The molecule has 0 saturated heterocycles. The minimum absolute atomic E-state index is 0.0982. The maximum absolute atomic E-state index is 13.6. The van der Waals surface area contributed by atoms with Crippen LogP contribution in [0.25, 0.3) is 0 Å². The molecule has 1 aliphatic rings. The molecule has 0 heterocycles. The number of halogens is 1. The zero-order valence-electron chi connectivity index (χ0n) is 11.0. The standard InChI is InChI=1S/C15H22FN/c1-11-6-7-13(16)12(9-11)10-17-14-5-4-8-15(14,2)3/h6-7,9,14,17H,4-5,8,10H2,1-3H3. The maximum atomic E-state index is 13.6. The summed E-state index contributed by atoms with van der Waals surface area (Å²) in [4.78, 5) is 0. The molecular formula is C15H22FN. The second-order valence-electron chi connectivity index (χ2n) is 5.91. The number of hydrogen-bond acceptors (Lipinski definition) is 1. The third kappa shape index (κ3) is 2.86. The van der Waals surface area contributed by atoms with Crippen LogP contribution < -0.4 is 5.32 Å². The molecule has 17 heavy (non-hydrogen) atoms. The van der Waals surface area contributed by atoms with Crippen molar-refractivity contribution in [1.82, 2.24) is 5.32 Å². The van der Waals surface area contributed by atoms with E-state index in [1.807, 2.05) is 19.1 Å². The molecular weight excluding hydrogens is 213 g/mol. The first-order valence-electron chi connectivity index (χ1n) is 6.47. The summed E-state index contributed by atoms with van der Waals surface area (Å²) in [5, 5.41) is 3.52. The van der Waals surface area contributed by atoms with Gasteiger partial charge >= 0.3 is 0 Å². The Kier molecular flexibility index (Phi) is 3.53. The quantitative estimate of drug-likeness (QED) is 0.840. The minimum atomic E-state index is -0.0982. The van der Waals surface area contributed by atoms with Crippen LogP contribution >= 0.6 is 0 Å². The lowest BCUT2D eigenvalue weighted by atomic mass is 9.87. The average molecular weight is 235 g/mol. The zero-order valence-corrected chi connectivity index (χ0v) is 11.0. The SMILES string of the molecule is Cc1ccc(F)c(CNC2CCCC2(C)C)c1. The lowest BCUT2D eigenvalue weighted by molar-refractivity contribution is 0.281. The van der Waals surface area contributed by atoms with Crippen LogP contribution in [0, 0.1) is 18.2 Å². The van der Waals surface area contributed by atoms with E-state index in [9.17, 15) is 4.39 Å². The van der Waals surface area contributed by atoms with Gasteiger partial charge in [-0.25, -0.2) is 4.39 Å². The van der Waals surface area contributed by atoms with E-state index in [1.165, 1.54) is 19.3 Å². The summed E-state index contributed by atoms with van der Waals surface area (Å²) < 4.78 is 13.6. The van der Waals surface area contributed by atoms with Gasteiger partial charge in [0.25, 0.3) is 0 Å². The molecule has 0 amide bonds. The average Bonchev–Trinajstić information content (AvgIpc) is 2.59. The van der Waals surface area contributed by atoms with Crippen LogP contribution in [0.2, 0.25) is 0 Å². The van der Waals surface area contributed by atoms with Gasteiger partial charge in [0.15, 0.2) is 0 Å². The van der Waals surface area contributed by atoms with Crippen LogP contribution in [0.5, 0.6) is 0 Å². The molecule has 0 spiro atoms. The van der Waals surface area contributed by atoms with E-state index < -0.39 is 0 Å². The fraction of sp³-hybridized carbons (Fsp3) is 0.600. The van der Waals surface area contributed by atoms with Gasteiger partial charge in [-0.05, 0) is 31.2 Å². The first-order chi connectivity index (χ1) is 7.99. The molecule has 0 radical (unpaired) electrons. The number of aryl methyl sites for hydroxylation is 1. The van der Waals surface area contributed by atoms with Gasteiger partial charge in [0.2, 0.25) is 0 Å². The summed E-state index contributed by atoms with van der Waals surface area (Å²) in [6.45, 7) is 7.23. The topological polar surface area (TPSA) is 12.0 Å². The van der Waals surface area contributed by atoms with E-state index in [2.05, 4.69) is 19.2 Å². The molecule has 0 bridgehead atoms. The molecule has 1 aromatic rings. The van der Waals surface area contributed by atoms with Crippen molar-refractivity contribution >= 4 is 0 Å². The van der Waals surface area contributed by atoms with Gasteiger partial charge in [-0.1, -0.05) is 38.0 Å². The Labute approximate surface area is 103 Å². The van der Waals surface area contributed by atoms with Crippen molar-refractivity contribution in [3.63, 3.8) is 0 Å². The van der Waals surface area contributed by atoms with E-state index in [1.54, 1.807) is 6.07 Å². The van der Waals surface area contributed by atoms with E-state index in [-0.39, 0.29) is 5.82 Å². The predicted octanol–water partition coefficient (Wildman–Crippen LogP) is 3.80. The predicted molar refractivity (Wildman–Crippen MR) is 69.4 cm³/mol. The minimum Gasteiger partial charge on any atom is -0.309 e. The third-order valence-electron chi connectivity index (χ3n) is 4.00. The molecule has 1 N–H and O–H groups in total. The molecule has 2 heteroatoms. The second kappa shape index (κ2) is 4.77. The second-order valence-corrected chi connectivity index (χ2v) is 5.91. The Morgan fingerprint density at radius 3 is 2.82 bits per heavy atom. The molecule has 2 rings (SSSR count). The van der Waals surface area contributed by atoms with Crippen molar-refractivity contribution in [2.24, 2.45) is 5.41 Å². The summed E-state index contributed by atoms with van der Waals surface area (Å²) >= 11 is 0. The van der Waals surface area contributed by atoms with Gasteiger partial charge in [0.1, 0.15) is 5.82 Å². The Balaban J connectivity index is 2.00. The number of rotatable bonds is 3. The Morgan fingerprint density at radius 2 is 2.18 bits per heavy atom. The van der Waals surface area contributed by atoms with Gasteiger partial charge in [0.05, 0.1) is 0 Å². The van der Waals surface area contributed by atoms with Gasteiger partial charge in [0, 0.05) is 18.2 Å². The summed E-state index contributed by atoms with van der Waals surface area (Å²) in [5.74, 6) is -0.0982. The molecule has 1 aromatic carbocycles. The largest absolute Gasteiger partial charge is 0.309 e. The highest BCUT2D eigenvalue weighted by Crippen LogP contribution is 2.37. The summed E-state index contributed by atoms with van der Waals surface area (Å²) in [6, 6.07) is 5.83. The van der Waals surface area contributed by atoms with Crippen LogP contribution in [-0.4, -0.2) is 6.04 Å². The van der Waals surface area contributed by atoms with Crippen molar-refractivity contribution in [3.8, 4) is 0 Å². The van der Waals surface area contributed by atoms with Crippen molar-refractivity contribution in [1.29, 1.82) is 0 Å². The molecule has 1 saturated carbocycles. The third-order valence-corrected chi connectivity index (χ3v) is 4.00. The normalized spacial score (nSPS) is 22.9. The lowest BCUT2D eigenvalue weighted by Gasteiger charge is -2.28. The monoisotopic (exact) mass is 235 g/mol. The van der Waals surface area contributed by atoms with Gasteiger partial charge in [-0.3, -0.25) is 0 Å². The number of nitrogens with one attached hydrogen (secondary N) is 1. The van der Waals surface area contributed by atoms with E-state index in [4.69, 9.17) is 0 Å². The van der Waals surface area contributed by atoms with Crippen LogP contribution in [0.3, 0.4) is 0 Å². The van der Waals surface area contributed by atoms with Crippen LogP contribution in [0.15, 0.2) is 18.2 Å². The Bertz CT molecular complexity index is 398. The van der Waals surface area contributed by atoms with Crippen LogP contribution in [-0.2, 0) is 6.54 Å². The highest BCUT2D eigenvalue weighted by atomic mass is 19.1. The highest BCUT2D eigenvalue weighted by Gasteiger charge is 2.33. The summed E-state index contributed by atoms with van der Waals surface area (Å²) in [6.07, 6.45) is 3.75. The Hall–Kier alpha value is -0.890. The smallest absolute Gasteiger partial charge is 0.127 e. The molecule has 1 nitrogen and oxygen atoms in total. The molecule has 1 aliphatic carbocycles. The van der Waals surface area contributed by atoms with Gasteiger partial charge in [-0.15, -0.1) is 0 Å². The van der Waals surface area contributed by atoms with E-state index in [0.717, 1.165) is 11.1 Å². The number of benzene rings is 1. The van der Waals surface area contributed by atoms with Crippen molar-refractivity contribution in [3.05, 3.63) is 35.1 Å². The Morgan fingerprint density at radius 1 is 1.41 bits per heavy atom. The lowest BCUT2D eigenvalue weighted by Crippen LogP contribution is -2.37. The van der Waals surface area contributed by atoms with Gasteiger partial charge < -0.3 is 5.32 Å². The highest BCUT2D eigenvalue weighted by molar-refractivity contribution is 5.24. The fourth-order valence-corrected chi connectivity index (χ4v) is 2.78. The molecule has 0 aliphatic heterocycles. The maximum Gasteiger partial charge on any atom is 0.127 e. The molecule has 1 unspecified atom stereocenters. The van der Waals surface area contributed by atoms with Crippen LogP contribution in [0.1, 0.15) is 44.2 Å². The first kappa shape index (κ1) is 12.6. The van der Waals surface area contributed by atoms with Crippen molar-refractivity contribution < 1.29 is 4.39 Å². The van der Waals surface area contributed by atoms with E-state index in [0.29, 0.717) is 18.0 Å². The van der Waals surface area contributed by atoms with Crippen molar-refractivity contribution in [2.45, 2.75) is 52.6 Å².